The second-order valence-corrected chi connectivity index (χ2v) is 2.68. The van der Waals surface area contributed by atoms with Crippen LogP contribution >= 0.6 is 0 Å². The van der Waals surface area contributed by atoms with E-state index >= 15 is 0 Å². The van der Waals surface area contributed by atoms with E-state index in [0.717, 1.165) is 6.20 Å². The van der Waals surface area contributed by atoms with E-state index in [1.165, 1.54) is 19.1 Å². The quantitative estimate of drug-likeness (QED) is 0.500. The second kappa shape index (κ2) is 3.73. The van der Waals surface area contributed by atoms with Gasteiger partial charge in [-0.3, -0.25) is 14.9 Å². The van der Waals surface area contributed by atoms with Crippen LogP contribution in [0.5, 0.6) is 0 Å². The average molecular weight is 196 g/mol. The summed E-state index contributed by atoms with van der Waals surface area (Å²) in [5.74, 6) is -0.535. The third kappa shape index (κ3) is 2.44. The van der Waals surface area contributed by atoms with Crippen molar-refractivity contribution in [2.75, 3.05) is 0 Å². The molecule has 0 aromatic heterocycles. The molecule has 0 atom stereocenters. The first-order chi connectivity index (χ1) is 6.49. The lowest BCUT2D eigenvalue weighted by Crippen LogP contribution is -2.19. The maximum Gasteiger partial charge on any atom is 0.241 e. The number of aliphatic hydroxyl groups is 1. The topological polar surface area (TPSA) is 92.5 Å². The highest BCUT2D eigenvalue weighted by atomic mass is 16.6. The van der Waals surface area contributed by atoms with Gasteiger partial charge in [0.1, 0.15) is 5.76 Å². The molecule has 6 nitrogen and oxygen atoms in total. The third-order valence-corrected chi connectivity index (χ3v) is 1.46. The predicted octanol–water partition coefficient (Wildman–Crippen LogP) is 0.623. The minimum atomic E-state index is -0.633. The molecule has 1 rings (SSSR count). The summed E-state index contributed by atoms with van der Waals surface area (Å²) in [7, 11) is 0. The number of nitrogens with one attached hydrogen (secondary N) is 1. The smallest absolute Gasteiger partial charge is 0.241 e. The van der Waals surface area contributed by atoms with Crippen molar-refractivity contribution < 1.29 is 14.8 Å². The van der Waals surface area contributed by atoms with Gasteiger partial charge in [0.2, 0.25) is 12.1 Å². The van der Waals surface area contributed by atoms with Gasteiger partial charge >= 0.3 is 0 Å². The fourth-order valence-electron chi connectivity index (χ4n) is 1.00. The number of hydrogen-bond acceptors (Lipinski definition) is 4. The number of nitrogens with zero attached hydrogens (tertiary/aromatic N) is 1. The Labute approximate surface area is 79.4 Å². The van der Waals surface area contributed by atoms with Gasteiger partial charge in [-0.05, 0) is 12.2 Å². The standard InChI is InChI=1S/C8H8N2O4/c1-5(11)9-7-2-6(3-8(7)12)4-10(13)14/h2-4,12H,1H3,(H,9,11)/b6-4-. The molecule has 1 aliphatic rings. The fraction of sp³-hybridized carbons (Fsp3) is 0.125. The van der Waals surface area contributed by atoms with Crippen molar-refractivity contribution in [3.05, 3.63) is 45.5 Å². The predicted molar refractivity (Wildman–Crippen MR) is 47.7 cm³/mol. The summed E-state index contributed by atoms with van der Waals surface area (Å²) in [6, 6.07) is 0. The van der Waals surface area contributed by atoms with Crippen molar-refractivity contribution in [1.82, 2.24) is 5.32 Å². The van der Waals surface area contributed by atoms with Crippen molar-refractivity contribution in [1.29, 1.82) is 0 Å². The Morgan fingerprint density at radius 1 is 1.64 bits per heavy atom. The Morgan fingerprint density at radius 2 is 2.29 bits per heavy atom. The number of aliphatic hydroxyl groups excluding tert-OH is 1. The summed E-state index contributed by atoms with van der Waals surface area (Å²) in [4.78, 5) is 20.1. The Morgan fingerprint density at radius 3 is 2.79 bits per heavy atom. The van der Waals surface area contributed by atoms with Gasteiger partial charge in [0.05, 0.1) is 16.2 Å². The molecule has 0 heterocycles. The Hall–Kier alpha value is -2.11. The van der Waals surface area contributed by atoms with Crippen LogP contribution < -0.4 is 5.32 Å². The summed E-state index contributed by atoms with van der Waals surface area (Å²) in [6.07, 6.45) is 3.26. The van der Waals surface area contributed by atoms with Crippen molar-refractivity contribution >= 4 is 5.91 Å². The van der Waals surface area contributed by atoms with Crippen LogP contribution in [0.3, 0.4) is 0 Å². The molecule has 1 aliphatic carbocycles. The van der Waals surface area contributed by atoms with Crippen LogP contribution in [0.1, 0.15) is 6.92 Å². The molecule has 0 radical (unpaired) electrons. The number of rotatable bonds is 2. The maximum absolute atomic E-state index is 10.6. The van der Waals surface area contributed by atoms with Gasteiger partial charge in [0.25, 0.3) is 0 Å². The highest BCUT2D eigenvalue weighted by Crippen LogP contribution is 2.18. The highest BCUT2D eigenvalue weighted by molar-refractivity contribution is 5.76. The Kier molecular flexibility index (Phi) is 2.66. The summed E-state index contributed by atoms with van der Waals surface area (Å²) < 4.78 is 0. The molecule has 74 valence electrons. The molecule has 6 heteroatoms. The summed E-state index contributed by atoms with van der Waals surface area (Å²) >= 11 is 0. The lowest BCUT2D eigenvalue weighted by molar-refractivity contribution is -0.403. The second-order valence-electron chi connectivity index (χ2n) is 2.68. The molecule has 0 saturated carbocycles. The molecule has 2 N–H and O–H groups in total. The van der Waals surface area contributed by atoms with Gasteiger partial charge in [0, 0.05) is 6.92 Å². The van der Waals surface area contributed by atoms with Gasteiger partial charge in [-0.25, -0.2) is 0 Å². The normalized spacial score (nSPS) is 17.6. The number of hydrogen-bond donors (Lipinski definition) is 2. The monoisotopic (exact) mass is 196 g/mol. The lowest BCUT2D eigenvalue weighted by Gasteiger charge is -2.00. The van der Waals surface area contributed by atoms with Crippen LogP contribution in [0.2, 0.25) is 0 Å². The van der Waals surface area contributed by atoms with Crippen LogP contribution in [0.25, 0.3) is 0 Å². The Bertz CT molecular complexity index is 379. The third-order valence-electron chi connectivity index (χ3n) is 1.46. The maximum atomic E-state index is 10.6. The van der Waals surface area contributed by atoms with E-state index in [1.54, 1.807) is 0 Å². The molecule has 0 saturated heterocycles. The number of carbonyl (C=O) groups excluding carboxylic acids is 1. The molecule has 0 bridgehead atoms. The number of nitro groups is 1. The van der Waals surface area contributed by atoms with E-state index in [9.17, 15) is 20.0 Å². The highest BCUT2D eigenvalue weighted by Gasteiger charge is 2.14. The molecule has 14 heavy (non-hydrogen) atoms. The number of amides is 1. The van der Waals surface area contributed by atoms with E-state index in [4.69, 9.17) is 0 Å². The molecule has 0 aromatic rings. The fourth-order valence-corrected chi connectivity index (χ4v) is 1.00. The van der Waals surface area contributed by atoms with E-state index in [-0.39, 0.29) is 22.9 Å². The van der Waals surface area contributed by atoms with Crippen LogP contribution in [0.15, 0.2) is 35.4 Å². The van der Waals surface area contributed by atoms with Crippen molar-refractivity contribution in [2.45, 2.75) is 6.92 Å². The van der Waals surface area contributed by atoms with E-state index in [0.29, 0.717) is 0 Å². The molecular weight excluding hydrogens is 188 g/mol. The van der Waals surface area contributed by atoms with Gasteiger partial charge in [0.15, 0.2) is 0 Å². The lowest BCUT2D eigenvalue weighted by atomic mass is 10.3. The van der Waals surface area contributed by atoms with Gasteiger partial charge in [-0.2, -0.15) is 0 Å². The van der Waals surface area contributed by atoms with Crippen LogP contribution in [-0.2, 0) is 4.79 Å². The first kappa shape index (κ1) is 9.97. The summed E-state index contributed by atoms with van der Waals surface area (Å²) in [5.41, 5.74) is 0.404. The minimum absolute atomic E-state index is 0.172. The minimum Gasteiger partial charge on any atom is -0.506 e. The molecule has 0 unspecified atom stereocenters. The van der Waals surface area contributed by atoms with Gasteiger partial charge in [-0.1, -0.05) is 0 Å². The molecule has 0 spiro atoms. The van der Waals surface area contributed by atoms with E-state index in [1.807, 2.05) is 0 Å². The number of allylic oxidation sites excluding steroid dienone is 3. The SMILES string of the molecule is CC(=O)NC1=C/C(=C/[N+](=O)[O-])C=C1O. The largest absolute Gasteiger partial charge is 0.506 e. The zero-order valence-corrected chi connectivity index (χ0v) is 7.35. The van der Waals surface area contributed by atoms with Crippen molar-refractivity contribution in [2.24, 2.45) is 0 Å². The number of carbonyl (C=O) groups is 1. The van der Waals surface area contributed by atoms with E-state index in [2.05, 4.69) is 5.32 Å². The molecule has 1 amide bonds. The zero-order chi connectivity index (χ0) is 10.7. The average Bonchev–Trinajstić information content (AvgIpc) is 2.28. The summed E-state index contributed by atoms with van der Waals surface area (Å²) in [6.45, 7) is 1.28. The van der Waals surface area contributed by atoms with Crippen LogP contribution in [-0.4, -0.2) is 15.9 Å². The Balaban J connectivity index is 2.87. The molecule has 0 aliphatic heterocycles. The van der Waals surface area contributed by atoms with Crippen LogP contribution in [0.4, 0.5) is 0 Å². The molecule has 0 aromatic carbocycles. The molecule has 0 fully saturated rings. The first-order valence-corrected chi connectivity index (χ1v) is 3.74. The van der Waals surface area contributed by atoms with E-state index < -0.39 is 4.92 Å². The van der Waals surface area contributed by atoms with Crippen molar-refractivity contribution in [3.8, 4) is 0 Å². The zero-order valence-electron chi connectivity index (χ0n) is 7.35. The molecular formula is C8H8N2O4. The van der Waals surface area contributed by atoms with Gasteiger partial charge in [-0.15, -0.1) is 0 Å². The first-order valence-electron chi connectivity index (χ1n) is 3.74. The van der Waals surface area contributed by atoms with Crippen molar-refractivity contribution in [3.63, 3.8) is 0 Å². The van der Waals surface area contributed by atoms with Gasteiger partial charge < -0.3 is 10.4 Å². The van der Waals surface area contributed by atoms with Crippen LogP contribution in [0, 0.1) is 10.1 Å². The summed E-state index contributed by atoms with van der Waals surface area (Å²) in [5, 5.41) is 21.7.